The van der Waals surface area contributed by atoms with Crippen molar-refractivity contribution in [2.45, 2.75) is 33.4 Å². The Balaban J connectivity index is 1.92. The van der Waals surface area contributed by atoms with Gasteiger partial charge in [0.05, 0.1) is 20.2 Å². The molecule has 0 aromatic heterocycles. The number of aliphatic imine (C=N–C) groups is 1. The fourth-order valence-corrected chi connectivity index (χ4v) is 3.11. The van der Waals surface area contributed by atoms with E-state index in [1.807, 2.05) is 26.8 Å². The van der Waals surface area contributed by atoms with Crippen LogP contribution in [0.25, 0.3) is 0 Å². The monoisotopic (exact) mass is 391 g/mol. The second-order valence-corrected chi connectivity index (χ2v) is 7.16. The van der Waals surface area contributed by atoms with Crippen LogP contribution in [-0.4, -0.2) is 79.2 Å². The van der Waals surface area contributed by atoms with E-state index in [1.54, 1.807) is 12.1 Å². The molecule has 2 rings (SSSR count). The van der Waals surface area contributed by atoms with Crippen molar-refractivity contribution in [1.29, 1.82) is 0 Å². The summed E-state index contributed by atoms with van der Waals surface area (Å²) in [5.74, 6) is 1.50. The van der Waals surface area contributed by atoms with Gasteiger partial charge in [-0.15, -0.1) is 0 Å². The number of hydrogen-bond acceptors (Lipinski definition) is 5. The molecule has 1 aliphatic rings. The number of aromatic hydroxyl groups is 1. The highest BCUT2D eigenvalue weighted by atomic mass is 16.5. The maximum atomic E-state index is 11.9. The van der Waals surface area contributed by atoms with Gasteiger partial charge in [-0.05, 0) is 38.5 Å². The summed E-state index contributed by atoms with van der Waals surface area (Å²) in [6.45, 7) is 10.9. The quantitative estimate of drug-likeness (QED) is 0.475. The van der Waals surface area contributed by atoms with Crippen LogP contribution in [0, 0.1) is 0 Å². The number of phenols is 1. The van der Waals surface area contributed by atoms with Crippen molar-refractivity contribution in [3.63, 3.8) is 0 Å². The summed E-state index contributed by atoms with van der Waals surface area (Å²) in [5, 5.41) is 16.2. The fourth-order valence-electron chi connectivity index (χ4n) is 3.11. The van der Waals surface area contributed by atoms with Gasteiger partial charge in [-0.3, -0.25) is 9.69 Å². The average Bonchev–Trinajstić information content (AvgIpc) is 2.65. The fraction of sp³-hybridized carbons (Fsp3) is 0.600. The van der Waals surface area contributed by atoms with Crippen molar-refractivity contribution >= 4 is 11.9 Å². The van der Waals surface area contributed by atoms with Crippen LogP contribution in [0.15, 0.2) is 23.2 Å². The van der Waals surface area contributed by atoms with Crippen LogP contribution in [-0.2, 0) is 11.3 Å². The van der Waals surface area contributed by atoms with Crippen molar-refractivity contribution in [2.24, 2.45) is 4.99 Å². The van der Waals surface area contributed by atoms with Crippen LogP contribution >= 0.6 is 0 Å². The Labute approximate surface area is 167 Å². The smallest absolute Gasteiger partial charge is 0.234 e. The normalized spacial score (nSPS) is 15.6. The molecule has 1 saturated heterocycles. The molecule has 8 heteroatoms. The van der Waals surface area contributed by atoms with E-state index in [2.05, 4.69) is 20.4 Å². The van der Waals surface area contributed by atoms with Crippen LogP contribution < -0.4 is 15.4 Å². The van der Waals surface area contributed by atoms with Gasteiger partial charge in [-0.1, -0.05) is 6.07 Å². The molecule has 1 aliphatic heterocycles. The van der Waals surface area contributed by atoms with Gasteiger partial charge in [0.2, 0.25) is 5.91 Å². The van der Waals surface area contributed by atoms with E-state index in [0.29, 0.717) is 18.8 Å². The van der Waals surface area contributed by atoms with E-state index in [1.165, 1.54) is 7.11 Å². The van der Waals surface area contributed by atoms with Gasteiger partial charge in [0.1, 0.15) is 0 Å². The topological polar surface area (TPSA) is 89.4 Å². The average molecular weight is 392 g/mol. The Morgan fingerprint density at radius 1 is 1.29 bits per heavy atom. The molecule has 0 spiro atoms. The third-order valence-electron chi connectivity index (χ3n) is 4.48. The van der Waals surface area contributed by atoms with Gasteiger partial charge < -0.3 is 25.4 Å². The van der Waals surface area contributed by atoms with Crippen LogP contribution in [0.4, 0.5) is 0 Å². The third-order valence-corrected chi connectivity index (χ3v) is 4.48. The minimum atomic E-state index is 0.0725. The minimum Gasteiger partial charge on any atom is -0.504 e. The number of methoxy groups -OCH3 is 1. The van der Waals surface area contributed by atoms with Crippen LogP contribution in [0.5, 0.6) is 11.5 Å². The summed E-state index contributed by atoms with van der Waals surface area (Å²) in [4.78, 5) is 21.0. The van der Waals surface area contributed by atoms with Gasteiger partial charge in [0.15, 0.2) is 17.5 Å². The lowest BCUT2D eigenvalue weighted by Gasteiger charge is -2.36. The molecular formula is C20H33N5O3. The van der Waals surface area contributed by atoms with Gasteiger partial charge in [0, 0.05) is 38.8 Å². The Kier molecular flexibility index (Phi) is 8.38. The predicted molar refractivity (Wildman–Crippen MR) is 111 cm³/mol. The van der Waals surface area contributed by atoms with Gasteiger partial charge in [-0.25, -0.2) is 4.99 Å². The number of rotatable bonds is 7. The summed E-state index contributed by atoms with van der Waals surface area (Å²) in [6.07, 6.45) is 0. The first-order valence-corrected chi connectivity index (χ1v) is 9.83. The number of piperazine rings is 1. The molecule has 0 aliphatic carbocycles. The molecule has 28 heavy (non-hydrogen) atoms. The molecule has 1 fully saturated rings. The highest BCUT2D eigenvalue weighted by Gasteiger charge is 2.21. The molecule has 3 N–H and O–H groups in total. The molecule has 0 unspecified atom stereocenters. The van der Waals surface area contributed by atoms with Gasteiger partial charge in [-0.2, -0.15) is 0 Å². The van der Waals surface area contributed by atoms with Crippen molar-refractivity contribution in [3.05, 3.63) is 23.8 Å². The molecule has 8 nitrogen and oxygen atoms in total. The Bertz CT molecular complexity index is 670. The molecule has 0 radical (unpaired) electrons. The standard InChI is InChI=1S/C20H33N5O3/c1-5-21-20(22-13-16-6-7-18(28-4)17(26)12-16)25-10-8-24(9-11-25)14-19(27)23-15(2)3/h6-7,12,15,26H,5,8-11,13-14H2,1-4H3,(H,21,22)(H,23,27). The van der Waals surface area contributed by atoms with E-state index in [9.17, 15) is 9.90 Å². The summed E-state index contributed by atoms with van der Waals surface area (Å²) in [7, 11) is 1.53. The number of nitrogens with zero attached hydrogens (tertiary/aromatic N) is 3. The zero-order chi connectivity index (χ0) is 20.5. The van der Waals surface area contributed by atoms with E-state index in [0.717, 1.165) is 44.2 Å². The maximum Gasteiger partial charge on any atom is 0.234 e. The van der Waals surface area contributed by atoms with Crippen molar-refractivity contribution in [1.82, 2.24) is 20.4 Å². The number of carbonyl (C=O) groups excluding carboxylic acids is 1. The first-order valence-electron chi connectivity index (χ1n) is 9.83. The SMILES string of the molecule is CCNC(=NCc1ccc(OC)c(O)c1)N1CCN(CC(=O)NC(C)C)CC1. The molecule has 1 heterocycles. The van der Waals surface area contributed by atoms with Crippen molar-refractivity contribution < 1.29 is 14.6 Å². The lowest BCUT2D eigenvalue weighted by Crippen LogP contribution is -2.54. The summed E-state index contributed by atoms with van der Waals surface area (Å²) in [5.41, 5.74) is 0.915. The highest BCUT2D eigenvalue weighted by molar-refractivity contribution is 5.80. The van der Waals surface area contributed by atoms with Crippen molar-refractivity contribution in [2.75, 3.05) is 46.4 Å². The summed E-state index contributed by atoms with van der Waals surface area (Å²) >= 11 is 0. The zero-order valence-electron chi connectivity index (χ0n) is 17.4. The Morgan fingerprint density at radius 3 is 2.57 bits per heavy atom. The van der Waals surface area contributed by atoms with Crippen molar-refractivity contribution in [3.8, 4) is 11.5 Å². The number of nitrogens with one attached hydrogen (secondary N) is 2. The first-order chi connectivity index (χ1) is 13.4. The number of amides is 1. The lowest BCUT2D eigenvalue weighted by atomic mass is 10.2. The van der Waals surface area contributed by atoms with Gasteiger partial charge in [0.25, 0.3) is 0 Å². The van der Waals surface area contributed by atoms with E-state index < -0.39 is 0 Å². The molecular weight excluding hydrogens is 358 g/mol. The molecule has 156 valence electrons. The number of carbonyl (C=O) groups is 1. The Hall–Kier alpha value is -2.48. The van der Waals surface area contributed by atoms with E-state index in [4.69, 9.17) is 9.73 Å². The summed E-state index contributed by atoms with van der Waals surface area (Å²) < 4.78 is 5.08. The molecule has 0 saturated carbocycles. The second-order valence-electron chi connectivity index (χ2n) is 7.16. The Morgan fingerprint density at radius 2 is 2.00 bits per heavy atom. The zero-order valence-corrected chi connectivity index (χ0v) is 17.4. The molecule has 1 amide bonds. The number of guanidine groups is 1. The second kappa shape index (κ2) is 10.8. The number of hydrogen-bond donors (Lipinski definition) is 3. The predicted octanol–water partition coefficient (Wildman–Crippen LogP) is 1.01. The van der Waals surface area contributed by atoms with E-state index >= 15 is 0 Å². The minimum absolute atomic E-state index is 0.0725. The highest BCUT2D eigenvalue weighted by Crippen LogP contribution is 2.26. The first kappa shape index (κ1) is 21.8. The maximum absolute atomic E-state index is 11.9. The summed E-state index contributed by atoms with van der Waals surface area (Å²) in [6, 6.07) is 5.49. The van der Waals surface area contributed by atoms with Crippen LogP contribution in [0.2, 0.25) is 0 Å². The number of benzene rings is 1. The molecule has 1 aromatic carbocycles. The van der Waals surface area contributed by atoms with Crippen LogP contribution in [0.3, 0.4) is 0 Å². The molecule has 1 aromatic rings. The third kappa shape index (κ3) is 6.60. The molecule has 0 bridgehead atoms. The number of ether oxygens (including phenoxy) is 1. The largest absolute Gasteiger partial charge is 0.504 e. The van der Waals surface area contributed by atoms with E-state index in [-0.39, 0.29) is 17.7 Å². The lowest BCUT2D eigenvalue weighted by molar-refractivity contribution is -0.123. The number of phenolic OH excluding ortho intramolecular Hbond substituents is 1. The van der Waals surface area contributed by atoms with Gasteiger partial charge >= 0.3 is 0 Å². The molecule has 0 atom stereocenters. The van der Waals surface area contributed by atoms with Crippen LogP contribution in [0.1, 0.15) is 26.3 Å².